The molecule has 1 fully saturated rings. The maximum absolute atomic E-state index is 13.1. The number of aromatic nitrogens is 3. The molecular formula is C26H29Cl2N7OS3. The van der Waals surface area contributed by atoms with Crippen LogP contribution in [0.3, 0.4) is 0 Å². The predicted octanol–water partition coefficient (Wildman–Crippen LogP) is 6.36. The van der Waals surface area contributed by atoms with Crippen LogP contribution in [0.5, 0.6) is 0 Å². The molecule has 6 rings (SSSR count). The second kappa shape index (κ2) is 10.7. The highest BCUT2D eigenvalue weighted by Crippen LogP contribution is 2.53. The molecule has 2 aliphatic heterocycles. The molecule has 206 valence electrons. The predicted molar refractivity (Wildman–Crippen MR) is 162 cm³/mol. The first-order chi connectivity index (χ1) is 18.6. The van der Waals surface area contributed by atoms with Crippen LogP contribution in [0.25, 0.3) is 0 Å². The molecule has 3 aromatic rings. The topological polar surface area (TPSA) is 101 Å². The molecule has 8 nitrogen and oxygen atoms in total. The molecule has 1 aliphatic carbocycles. The number of benzene rings is 1. The fraction of sp³-hybridized carbons (Fsp3) is 0.462. The normalized spacial score (nSPS) is 22.5. The molecule has 1 unspecified atom stereocenters. The standard InChI is InChI=1S/C26H29Cl2N7OS3/c1-25(2,3)39(36)34-23-22-17(37-14-33-22)10-26(23)6-8-35(9-7-26)18-11-30-19(12-29-18)38-16-5-4-15-20(21(16)27)24(28)32-13-31-15/h4-5,11-14,23-24,34H,6-10H2,1-3H3,(H,31,32)/t23-,24+,39?/m0/s1. The largest absolute Gasteiger partial charge is 0.598 e. The van der Waals surface area contributed by atoms with Crippen molar-refractivity contribution in [2.24, 2.45) is 10.4 Å². The second-order valence-electron chi connectivity index (χ2n) is 11.0. The van der Waals surface area contributed by atoms with E-state index >= 15 is 0 Å². The smallest absolute Gasteiger partial charge is 0.153 e. The minimum absolute atomic E-state index is 0.000612. The van der Waals surface area contributed by atoms with Crippen LogP contribution in [-0.4, -0.2) is 43.7 Å². The lowest BCUT2D eigenvalue weighted by atomic mass is 9.73. The van der Waals surface area contributed by atoms with Gasteiger partial charge in [-0.2, -0.15) is 0 Å². The molecule has 0 radical (unpaired) electrons. The van der Waals surface area contributed by atoms with Crippen LogP contribution in [0.15, 0.2) is 45.0 Å². The van der Waals surface area contributed by atoms with Gasteiger partial charge in [0.15, 0.2) is 5.50 Å². The van der Waals surface area contributed by atoms with Crippen molar-refractivity contribution in [3.05, 3.63) is 51.2 Å². The van der Waals surface area contributed by atoms with Gasteiger partial charge in [-0.3, -0.25) is 4.99 Å². The van der Waals surface area contributed by atoms with Gasteiger partial charge in [-0.1, -0.05) is 35.0 Å². The Morgan fingerprint density at radius 1 is 1.21 bits per heavy atom. The molecule has 3 aliphatic rings. The van der Waals surface area contributed by atoms with Gasteiger partial charge in [0.25, 0.3) is 0 Å². The summed E-state index contributed by atoms with van der Waals surface area (Å²) in [4.78, 5) is 22.7. The van der Waals surface area contributed by atoms with Crippen molar-refractivity contribution >= 4 is 75.5 Å². The molecule has 4 heterocycles. The highest BCUT2D eigenvalue weighted by atomic mass is 35.5. The van der Waals surface area contributed by atoms with Crippen LogP contribution in [-0.2, 0) is 17.8 Å². The number of nitrogens with zero attached hydrogens (tertiary/aromatic N) is 5. The van der Waals surface area contributed by atoms with Crippen LogP contribution >= 0.6 is 46.3 Å². The summed E-state index contributed by atoms with van der Waals surface area (Å²) in [6.45, 7) is 7.73. The Balaban J connectivity index is 1.13. The van der Waals surface area contributed by atoms with Gasteiger partial charge >= 0.3 is 0 Å². The van der Waals surface area contributed by atoms with E-state index in [1.165, 1.54) is 16.6 Å². The highest BCUT2D eigenvalue weighted by Gasteiger charge is 2.52. The molecule has 2 aromatic heterocycles. The van der Waals surface area contributed by atoms with Crippen molar-refractivity contribution in [3.63, 3.8) is 0 Å². The molecule has 0 saturated carbocycles. The fourth-order valence-corrected chi connectivity index (χ4v) is 8.74. The van der Waals surface area contributed by atoms with Crippen LogP contribution in [0.1, 0.15) is 61.3 Å². The summed E-state index contributed by atoms with van der Waals surface area (Å²) in [6.07, 6.45) is 8.12. The number of piperidine rings is 1. The maximum Gasteiger partial charge on any atom is 0.153 e. The zero-order valence-corrected chi connectivity index (χ0v) is 25.7. The van der Waals surface area contributed by atoms with Gasteiger partial charge in [-0.05, 0) is 52.2 Å². The number of anilines is 2. The Morgan fingerprint density at radius 2 is 2.00 bits per heavy atom. The van der Waals surface area contributed by atoms with Crippen molar-refractivity contribution in [2.45, 2.75) is 66.2 Å². The molecule has 1 aromatic carbocycles. The Bertz CT molecular complexity index is 1390. The summed E-state index contributed by atoms with van der Waals surface area (Å²) in [5.41, 5.74) is 4.11. The Kier molecular flexibility index (Phi) is 7.54. The second-order valence-corrected chi connectivity index (χ2v) is 15.8. The van der Waals surface area contributed by atoms with E-state index in [4.69, 9.17) is 28.2 Å². The van der Waals surface area contributed by atoms with Crippen LogP contribution in [0.2, 0.25) is 5.02 Å². The van der Waals surface area contributed by atoms with Crippen LogP contribution < -0.4 is 14.9 Å². The monoisotopic (exact) mass is 621 g/mol. The summed E-state index contributed by atoms with van der Waals surface area (Å²) in [5, 5.41) is 4.41. The molecule has 2 N–H and O–H groups in total. The Labute approximate surface area is 249 Å². The van der Waals surface area contributed by atoms with E-state index in [1.807, 2.05) is 44.6 Å². The quantitative estimate of drug-likeness (QED) is 0.193. The summed E-state index contributed by atoms with van der Waals surface area (Å²) in [6, 6.07) is 3.90. The van der Waals surface area contributed by atoms with Gasteiger partial charge in [-0.15, -0.1) is 16.1 Å². The number of hydrogen-bond acceptors (Lipinski definition) is 10. The zero-order chi connectivity index (χ0) is 27.4. The summed E-state index contributed by atoms with van der Waals surface area (Å²) in [7, 11) is 0. The van der Waals surface area contributed by atoms with Crippen molar-refractivity contribution in [2.75, 3.05) is 23.3 Å². The lowest BCUT2D eigenvalue weighted by Crippen LogP contribution is -2.50. The lowest BCUT2D eigenvalue weighted by molar-refractivity contribution is 0.174. The van der Waals surface area contributed by atoms with Crippen LogP contribution in [0.4, 0.5) is 11.5 Å². The van der Waals surface area contributed by atoms with Crippen molar-refractivity contribution in [1.82, 2.24) is 19.7 Å². The van der Waals surface area contributed by atoms with Crippen molar-refractivity contribution in [1.29, 1.82) is 0 Å². The molecule has 1 saturated heterocycles. The average Bonchev–Trinajstić information content (AvgIpc) is 3.46. The van der Waals surface area contributed by atoms with Gasteiger partial charge < -0.3 is 14.8 Å². The fourth-order valence-electron chi connectivity index (χ4n) is 5.37. The highest BCUT2D eigenvalue weighted by molar-refractivity contribution is 7.99. The number of nitrogens with one attached hydrogen (secondary N) is 2. The van der Waals surface area contributed by atoms with Crippen LogP contribution in [0, 0.1) is 5.41 Å². The first-order valence-corrected chi connectivity index (χ1v) is 16.4. The molecule has 1 spiro atoms. The lowest BCUT2D eigenvalue weighted by Gasteiger charge is -2.43. The van der Waals surface area contributed by atoms with Gasteiger partial charge in [0.1, 0.15) is 21.6 Å². The molecule has 0 bridgehead atoms. The van der Waals surface area contributed by atoms with Gasteiger partial charge in [0.2, 0.25) is 0 Å². The summed E-state index contributed by atoms with van der Waals surface area (Å²) < 4.78 is 16.2. The van der Waals surface area contributed by atoms with E-state index in [1.54, 1.807) is 23.9 Å². The Hall–Kier alpha value is -1.60. The summed E-state index contributed by atoms with van der Waals surface area (Å²) >= 11 is 15.0. The number of aliphatic imine (C=N–C) groups is 1. The maximum atomic E-state index is 13.1. The van der Waals surface area contributed by atoms with Gasteiger partial charge in [0, 0.05) is 50.9 Å². The van der Waals surface area contributed by atoms with E-state index in [0.29, 0.717) is 5.02 Å². The van der Waals surface area contributed by atoms with E-state index in [2.05, 4.69) is 29.9 Å². The number of halogens is 2. The average molecular weight is 623 g/mol. The Morgan fingerprint density at radius 3 is 2.72 bits per heavy atom. The first-order valence-electron chi connectivity index (χ1n) is 12.7. The van der Waals surface area contributed by atoms with Gasteiger partial charge in [0.05, 0.1) is 35.0 Å². The third-order valence-electron chi connectivity index (χ3n) is 7.57. The minimum Gasteiger partial charge on any atom is -0.598 e. The number of hydrogen-bond donors (Lipinski definition) is 2. The van der Waals surface area contributed by atoms with Crippen molar-refractivity contribution in [3.8, 4) is 0 Å². The number of alkyl halides is 1. The SMILES string of the molecule is CC(C)(C)[S+]([O-])N[C@H]1c2ncsc2CC12CCN(c1cnc(Sc3ccc4c(c3Cl)[C@H](Cl)N=CN4)cn1)CC2. The number of fused-ring (bicyclic) bond motifs is 2. The van der Waals surface area contributed by atoms with E-state index < -0.39 is 16.9 Å². The third-order valence-corrected chi connectivity index (χ3v) is 11.8. The molecule has 3 atom stereocenters. The molecule has 0 amide bonds. The van der Waals surface area contributed by atoms with E-state index in [9.17, 15) is 4.55 Å². The van der Waals surface area contributed by atoms with Gasteiger partial charge in [-0.25, -0.2) is 15.0 Å². The van der Waals surface area contributed by atoms with Crippen molar-refractivity contribution < 1.29 is 4.55 Å². The van der Waals surface area contributed by atoms with E-state index in [0.717, 1.165) is 65.0 Å². The zero-order valence-electron chi connectivity index (χ0n) is 21.8. The number of rotatable bonds is 5. The molecular weight excluding hydrogens is 593 g/mol. The number of thiazole rings is 1. The van der Waals surface area contributed by atoms with E-state index in [-0.39, 0.29) is 16.2 Å². The molecule has 13 heteroatoms. The first kappa shape index (κ1) is 27.6. The molecule has 39 heavy (non-hydrogen) atoms. The minimum atomic E-state index is -1.17. The summed E-state index contributed by atoms with van der Waals surface area (Å²) in [5.74, 6) is 0.860. The third kappa shape index (κ3) is 5.27.